The van der Waals surface area contributed by atoms with E-state index in [0.717, 1.165) is 13.1 Å². The average molecular weight is 443 g/mol. The normalized spacial score (nSPS) is 16.3. The van der Waals surface area contributed by atoms with E-state index in [1.54, 1.807) is 41.8 Å². The zero-order chi connectivity index (χ0) is 22.5. The van der Waals surface area contributed by atoms with Crippen LogP contribution in [0, 0.1) is 0 Å². The first-order valence-corrected chi connectivity index (χ1v) is 11.1. The number of aliphatic hydroxyl groups excluding tert-OH is 1. The van der Waals surface area contributed by atoms with Crippen molar-refractivity contribution in [3.05, 3.63) is 63.6 Å². The molecule has 3 rings (SSSR count). The molecule has 0 aliphatic carbocycles. The van der Waals surface area contributed by atoms with Crippen molar-refractivity contribution in [3.8, 4) is 5.75 Å². The van der Waals surface area contributed by atoms with Crippen molar-refractivity contribution in [2.24, 2.45) is 0 Å². The van der Waals surface area contributed by atoms with Crippen LogP contribution in [-0.4, -0.2) is 58.7 Å². The molecule has 31 heavy (non-hydrogen) atoms. The molecule has 1 aliphatic heterocycles. The number of likely N-dealkylation sites (N-methyl/N-ethyl adjacent to an activating group) is 1. The molecule has 0 fully saturated rings. The fraction of sp³-hybridized carbons (Fsp3) is 0.348. The summed E-state index contributed by atoms with van der Waals surface area (Å²) in [6.07, 6.45) is 0. The maximum Gasteiger partial charge on any atom is 0.308 e. The van der Waals surface area contributed by atoms with E-state index < -0.39 is 23.7 Å². The lowest BCUT2D eigenvalue weighted by Crippen LogP contribution is -2.38. The highest BCUT2D eigenvalue weighted by molar-refractivity contribution is 7.12. The Bertz CT molecular complexity index is 978. The fourth-order valence-electron chi connectivity index (χ4n) is 3.68. The number of esters is 1. The molecule has 8 heteroatoms. The Labute approximate surface area is 185 Å². The standard InChI is InChI=1S/C23H26N2O5S/c1-4-24(5-2)12-13-25-20(16-8-10-17(11-9-16)30-15(3)26)19(22(28)23(25)29)21(27)18-7-6-14-31-18/h6-11,14,20,28H,4-5,12-13H2,1-3H3. The van der Waals surface area contributed by atoms with Gasteiger partial charge in [-0.3, -0.25) is 14.4 Å². The van der Waals surface area contributed by atoms with Crippen molar-refractivity contribution >= 4 is 29.0 Å². The lowest BCUT2D eigenvalue weighted by Gasteiger charge is -2.29. The third-order valence-corrected chi connectivity index (χ3v) is 6.17. The summed E-state index contributed by atoms with van der Waals surface area (Å²) in [7, 11) is 0. The first-order valence-electron chi connectivity index (χ1n) is 10.2. The van der Waals surface area contributed by atoms with E-state index in [-0.39, 0.29) is 11.4 Å². The number of hydrogen-bond donors (Lipinski definition) is 1. The number of carbonyl (C=O) groups excluding carboxylic acids is 3. The van der Waals surface area contributed by atoms with Crippen molar-refractivity contribution in [2.45, 2.75) is 26.8 Å². The van der Waals surface area contributed by atoms with E-state index in [9.17, 15) is 19.5 Å². The summed E-state index contributed by atoms with van der Waals surface area (Å²) in [5, 5.41) is 12.5. The molecular weight excluding hydrogens is 416 g/mol. The van der Waals surface area contributed by atoms with E-state index in [1.165, 1.54) is 23.2 Å². The van der Waals surface area contributed by atoms with Crippen LogP contribution in [-0.2, 0) is 9.59 Å². The van der Waals surface area contributed by atoms with E-state index in [1.807, 2.05) is 13.8 Å². The molecule has 2 heterocycles. The molecule has 1 atom stereocenters. The van der Waals surface area contributed by atoms with E-state index in [2.05, 4.69) is 4.90 Å². The third-order valence-electron chi connectivity index (χ3n) is 5.30. The van der Waals surface area contributed by atoms with E-state index >= 15 is 0 Å². The molecule has 1 N–H and O–H groups in total. The lowest BCUT2D eigenvalue weighted by atomic mass is 9.95. The number of rotatable bonds is 9. The average Bonchev–Trinajstić information content (AvgIpc) is 3.37. The van der Waals surface area contributed by atoms with E-state index in [4.69, 9.17) is 4.74 Å². The molecule has 1 aliphatic rings. The summed E-state index contributed by atoms with van der Waals surface area (Å²) in [5.74, 6) is -1.49. The summed E-state index contributed by atoms with van der Waals surface area (Å²) < 4.78 is 5.09. The van der Waals surface area contributed by atoms with Gasteiger partial charge in [0.1, 0.15) is 5.75 Å². The van der Waals surface area contributed by atoms with Crippen molar-refractivity contribution in [1.82, 2.24) is 9.80 Å². The largest absolute Gasteiger partial charge is 0.503 e. The number of hydrogen-bond acceptors (Lipinski definition) is 7. The first-order chi connectivity index (χ1) is 14.9. The van der Waals surface area contributed by atoms with Crippen molar-refractivity contribution in [3.63, 3.8) is 0 Å². The molecule has 0 radical (unpaired) electrons. The van der Waals surface area contributed by atoms with Crippen LogP contribution in [0.15, 0.2) is 53.1 Å². The minimum atomic E-state index is -0.718. The van der Waals surface area contributed by atoms with Crippen LogP contribution < -0.4 is 4.74 Å². The Balaban J connectivity index is 1.98. The van der Waals surface area contributed by atoms with Gasteiger partial charge in [0.25, 0.3) is 5.91 Å². The van der Waals surface area contributed by atoms with Gasteiger partial charge in [-0.25, -0.2) is 0 Å². The van der Waals surface area contributed by atoms with Gasteiger partial charge >= 0.3 is 5.97 Å². The van der Waals surface area contributed by atoms with Gasteiger partial charge in [-0.05, 0) is 42.2 Å². The second-order valence-corrected chi connectivity index (χ2v) is 8.11. The Morgan fingerprint density at radius 1 is 1.16 bits per heavy atom. The number of thiophene rings is 1. The first kappa shape index (κ1) is 22.7. The molecule has 1 unspecified atom stereocenters. The monoisotopic (exact) mass is 442 g/mol. The zero-order valence-electron chi connectivity index (χ0n) is 17.8. The van der Waals surface area contributed by atoms with Crippen molar-refractivity contribution < 1.29 is 24.2 Å². The minimum Gasteiger partial charge on any atom is -0.503 e. The molecule has 2 aromatic rings. The number of benzene rings is 1. The maximum atomic E-state index is 13.2. The van der Waals surface area contributed by atoms with Gasteiger partial charge in [-0.2, -0.15) is 0 Å². The van der Waals surface area contributed by atoms with Gasteiger partial charge in [-0.1, -0.05) is 32.0 Å². The van der Waals surface area contributed by atoms with Crippen LogP contribution >= 0.6 is 11.3 Å². The van der Waals surface area contributed by atoms with Gasteiger partial charge < -0.3 is 19.6 Å². The summed E-state index contributed by atoms with van der Waals surface area (Å²) in [6.45, 7) is 8.05. The van der Waals surface area contributed by atoms with Gasteiger partial charge in [-0.15, -0.1) is 11.3 Å². The van der Waals surface area contributed by atoms with Crippen LogP contribution in [0.2, 0.25) is 0 Å². The predicted molar refractivity (Wildman–Crippen MR) is 118 cm³/mol. The Morgan fingerprint density at radius 2 is 1.84 bits per heavy atom. The van der Waals surface area contributed by atoms with Gasteiger partial charge in [0.2, 0.25) is 5.78 Å². The molecule has 1 amide bonds. The molecule has 1 aromatic carbocycles. The Morgan fingerprint density at radius 3 is 2.39 bits per heavy atom. The maximum absolute atomic E-state index is 13.2. The minimum absolute atomic E-state index is 0.0761. The second-order valence-electron chi connectivity index (χ2n) is 7.16. The van der Waals surface area contributed by atoms with Crippen LogP contribution in [0.1, 0.15) is 42.0 Å². The van der Waals surface area contributed by atoms with Crippen molar-refractivity contribution in [2.75, 3.05) is 26.2 Å². The summed E-state index contributed by atoms with van der Waals surface area (Å²) in [5.41, 5.74) is 0.736. The molecule has 7 nitrogen and oxygen atoms in total. The van der Waals surface area contributed by atoms with Gasteiger partial charge in [0, 0.05) is 20.0 Å². The topological polar surface area (TPSA) is 87.2 Å². The third kappa shape index (κ3) is 4.86. The van der Waals surface area contributed by atoms with Crippen LogP contribution in [0.4, 0.5) is 0 Å². The number of Topliss-reactive ketones (excluding diaryl/α,β-unsaturated/α-hetero) is 1. The van der Waals surface area contributed by atoms with Gasteiger partial charge in [0.05, 0.1) is 16.5 Å². The SMILES string of the molecule is CCN(CC)CCN1C(=O)C(O)=C(C(=O)c2cccs2)C1c1ccc(OC(C)=O)cc1. The van der Waals surface area contributed by atoms with Gasteiger partial charge in [0.15, 0.2) is 5.76 Å². The number of aliphatic hydroxyl groups is 1. The van der Waals surface area contributed by atoms with Crippen LogP contribution in [0.3, 0.4) is 0 Å². The lowest BCUT2D eigenvalue weighted by molar-refractivity contribution is -0.132. The molecule has 0 saturated carbocycles. The quantitative estimate of drug-likeness (QED) is 0.363. The zero-order valence-corrected chi connectivity index (χ0v) is 18.6. The van der Waals surface area contributed by atoms with Crippen molar-refractivity contribution in [1.29, 1.82) is 0 Å². The van der Waals surface area contributed by atoms with Crippen LogP contribution in [0.5, 0.6) is 5.75 Å². The number of amides is 1. The summed E-state index contributed by atoms with van der Waals surface area (Å²) in [4.78, 5) is 41.5. The molecule has 0 spiro atoms. The fourth-order valence-corrected chi connectivity index (χ4v) is 4.35. The second kappa shape index (κ2) is 9.89. The predicted octanol–water partition coefficient (Wildman–Crippen LogP) is 3.59. The number of carbonyl (C=O) groups is 3. The summed E-state index contributed by atoms with van der Waals surface area (Å²) in [6, 6.07) is 9.37. The molecule has 0 bridgehead atoms. The smallest absolute Gasteiger partial charge is 0.308 e. The summed E-state index contributed by atoms with van der Waals surface area (Å²) >= 11 is 1.26. The van der Waals surface area contributed by atoms with E-state index in [0.29, 0.717) is 29.3 Å². The molecule has 1 aromatic heterocycles. The van der Waals surface area contributed by atoms with Crippen LogP contribution in [0.25, 0.3) is 0 Å². The molecular formula is C23H26N2O5S. The molecule has 164 valence electrons. The number of nitrogens with zero attached hydrogens (tertiary/aromatic N) is 2. The number of ether oxygens (including phenoxy) is 1. The Hall–Kier alpha value is -2.97. The number of ketones is 1. The highest BCUT2D eigenvalue weighted by Crippen LogP contribution is 2.39. The highest BCUT2D eigenvalue weighted by atomic mass is 32.1. The highest BCUT2D eigenvalue weighted by Gasteiger charge is 2.43. The Kier molecular flexibility index (Phi) is 7.25. The molecule has 0 saturated heterocycles.